The monoisotopic (exact) mass is 481 g/mol. The van der Waals surface area contributed by atoms with Crippen LogP contribution in [0.2, 0.25) is 0 Å². The van der Waals surface area contributed by atoms with Gasteiger partial charge in [-0.2, -0.15) is 9.40 Å². The van der Waals surface area contributed by atoms with Crippen LogP contribution < -0.4 is 5.32 Å². The molecule has 1 aliphatic heterocycles. The van der Waals surface area contributed by atoms with Crippen LogP contribution in [0.4, 0.5) is 0 Å². The van der Waals surface area contributed by atoms with Gasteiger partial charge in [0.1, 0.15) is 11.9 Å². The van der Waals surface area contributed by atoms with Crippen molar-refractivity contribution in [3.63, 3.8) is 0 Å². The fourth-order valence-electron chi connectivity index (χ4n) is 4.06. The highest BCUT2D eigenvalue weighted by molar-refractivity contribution is 7.89. The Bertz CT molecular complexity index is 1260. The van der Waals surface area contributed by atoms with Gasteiger partial charge in [-0.25, -0.2) is 13.4 Å². The Hall–Kier alpha value is -3.37. The molecule has 1 saturated heterocycles. The molecular formula is C24H27N5O4S. The molecule has 0 aliphatic carbocycles. The number of nitrogens with one attached hydrogen (secondary N) is 2. The zero-order valence-corrected chi connectivity index (χ0v) is 19.9. The summed E-state index contributed by atoms with van der Waals surface area (Å²) in [6, 6.07) is 14.9. The number of H-pyrrole nitrogens is 1. The fourth-order valence-corrected chi connectivity index (χ4v) is 5.53. The van der Waals surface area contributed by atoms with Gasteiger partial charge in [-0.05, 0) is 44.4 Å². The molecule has 9 nitrogen and oxygen atoms in total. The topological polar surface area (TPSA) is 125 Å². The van der Waals surface area contributed by atoms with Crippen molar-refractivity contribution < 1.29 is 18.0 Å². The normalized spacial score (nSPS) is 16.2. The molecule has 1 aliphatic rings. The van der Waals surface area contributed by atoms with Crippen LogP contribution >= 0.6 is 0 Å². The van der Waals surface area contributed by atoms with E-state index < -0.39 is 16.1 Å². The molecule has 0 spiro atoms. The lowest BCUT2D eigenvalue weighted by Crippen LogP contribution is -2.44. The quantitative estimate of drug-likeness (QED) is 0.500. The summed E-state index contributed by atoms with van der Waals surface area (Å²) < 4.78 is 27.4. The van der Waals surface area contributed by atoms with E-state index in [9.17, 15) is 18.0 Å². The van der Waals surface area contributed by atoms with Crippen molar-refractivity contribution in [2.24, 2.45) is 5.92 Å². The number of nitrogens with zero attached hydrogens (tertiary/aromatic N) is 3. The number of aromatic amines is 1. The van der Waals surface area contributed by atoms with Crippen LogP contribution in [-0.2, 0) is 14.8 Å². The molecule has 2 aromatic carbocycles. The van der Waals surface area contributed by atoms with Gasteiger partial charge in [-0.3, -0.25) is 14.7 Å². The van der Waals surface area contributed by atoms with E-state index in [0.717, 1.165) is 5.56 Å². The Kier molecular flexibility index (Phi) is 6.90. The SMILES string of the molecule is CC(=O)c1ccc(S(=O)(=O)N2CCC(C(=O)NC(c3ccccc3)c3n[nH]c(C)n3)CC2)cc1. The minimum Gasteiger partial charge on any atom is -0.342 e. The molecule has 2 N–H and O–H groups in total. The first-order chi connectivity index (χ1) is 16.3. The lowest BCUT2D eigenvalue weighted by Gasteiger charge is -2.31. The Morgan fingerprint density at radius 1 is 1.06 bits per heavy atom. The Morgan fingerprint density at radius 2 is 1.71 bits per heavy atom. The van der Waals surface area contributed by atoms with E-state index >= 15 is 0 Å². The molecule has 0 saturated carbocycles. The van der Waals surface area contributed by atoms with Gasteiger partial charge in [0.25, 0.3) is 0 Å². The fraction of sp³-hybridized carbons (Fsp3) is 0.333. The van der Waals surface area contributed by atoms with E-state index in [2.05, 4.69) is 20.5 Å². The van der Waals surface area contributed by atoms with E-state index in [1.54, 1.807) is 6.92 Å². The number of rotatable bonds is 7. The number of piperidine rings is 1. The summed E-state index contributed by atoms with van der Waals surface area (Å²) in [6.45, 7) is 3.71. The summed E-state index contributed by atoms with van der Waals surface area (Å²) in [5.41, 5.74) is 1.33. The second-order valence-electron chi connectivity index (χ2n) is 8.39. The third-order valence-corrected chi connectivity index (χ3v) is 7.93. The van der Waals surface area contributed by atoms with Crippen LogP contribution in [0.1, 0.15) is 53.4 Å². The number of aryl methyl sites for hydroxylation is 1. The molecule has 1 amide bonds. The maximum Gasteiger partial charge on any atom is 0.243 e. The highest BCUT2D eigenvalue weighted by atomic mass is 32.2. The number of hydrogen-bond acceptors (Lipinski definition) is 6. The van der Waals surface area contributed by atoms with E-state index in [4.69, 9.17) is 0 Å². The van der Waals surface area contributed by atoms with Gasteiger partial charge in [-0.1, -0.05) is 42.5 Å². The molecule has 10 heteroatoms. The van der Waals surface area contributed by atoms with Crippen LogP contribution in [-0.4, -0.2) is 52.7 Å². The standard InChI is InChI=1S/C24H27N5O4S/c1-16(30)18-8-10-21(11-9-18)34(32,33)29-14-12-20(13-15-29)24(31)26-22(19-6-4-3-5-7-19)23-25-17(2)27-28-23/h3-11,20,22H,12-15H2,1-2H3,(H,26,31)(H,25,27,28). The molecule has 0 radical (unpaired) electrons. The van der Waals surface area contributed by atoms with E-state index in [-0.39, 0.29) is 35.6 Å². The molecule has 178 valence electrons. The summed E-state index contributed by atoms with van der Waals surface area (Å²) in [5.74, 6) is 0.535. The molecule has 4 rings (SSSR count). The molecule has 34 heavy (non-hydrogen) atoms. The number of carbonyl (C=O) groups is 2. The zero-order chi connectivity index (χ0) is 24.3. The zero-order valence-electron chi connectivity index (χ0n) is 19.1. The van der Waals surface area contributed by atoms with Crippen molar-refractivity contribution in [1.29, 1.82) is 0 Å². The van der Waals surface area contributed by atoms with Crippen molar-refractivity contribution >= 4 is 21.7 Å². The van der Waals surface area contributed by atoms with Crippen LogP contribution in [0.3, 0.4) is 0 Å². The van der Waals surface area contributed by atoms with Gasteiger partial charge in [0.15, 0.2) is 11.6 Å². The summed E-state index contributed by atoms with van der Waals surface area (Å²) in [6.07, 6.45) is 0.816. The maximum atomic E-state index is 13.1. The number of amides is 1. The van der Waals surface area contributed by atoms with Crippen molar-refractivity contribution in [3.05, 3.63) is 77.4 Å². The van der Waals surface area contributed by atoms with Gasteiger partial charge in [0, 0.05) is 24.6 Å². The first-order valence-corrected chi connectivity index (χ1v) is 12.5. The maximum absolute atomic E-state index is 13.1. The van der Waals surface area contributed by atoms with Crippen LogP contribution in [0.5, 0.6) is 0 Å². The minimum atomic E-state index is -3.69. The van der Waals surface area contributed by atoms with Gasteiger partial charge in [0.05, 0.1) is 4.90 Å². The lowest BCUT2D eigenvalue weighted by molar-refractivity contribution is -0.126. The van der Waals surface area contributed by atoms with Crippen molar-refractivity contribution in [2.45, 2.75) is 37.6 Å². The highest BCUT2D eigenvalue weighted by Crippen LogP contribution is 2.26. The molecule has 1 unspecified atom stereocenters. The van der Waals surface area contributed by atoms with Crippen molar-refractivity contribution in [2.75, 3.05) is 13.1 Å². The number of carbonyl (C=O) groups excluding carboxylic acids is 2. The summed E-state index contributed by atoms with van der Waals surface area (Å²) in [7, 11) is -3.69. The first-order valence-electron chi connectivity index (χ1n) is 11.1. The van der Waals surface area contributed by atoms with Crippen LogP contribution in [0.15, 0.2) is 59.5 Å². The van der Waals surface area contributed by atoms with Crippen LogP contribution in [0, 0.1) is 12.8 Å². The summed E-state index contributed by atoms with van der Waals surface area (Å²) >= 11 is 0. The molecule has 1 fully saturated rings. The Labute approximate surface area is 198 Å². The second kappa shape index (κ2) is 9.86. The molecule has 0 bridgehead atoms. The number of benzene rings is 2. The predicted molar refractivity (Wildman–Crippen MR) is 125 cm³/mol. The molecular weight excluding hydrogens is 454 g/mol. The van der Waals surface area contributed by atoms with Crippen molar-refractivity contribution in [1.82, 2.24) is 24.8 Å². The van der Waals surface area contributed by atoms with Gasteiger partial charge in [-0.15, -0.1) is 0 Å². The third-order valence-electron chi connectivity index (χ3n) is 6.02. The minimum absolute atomic E-state index is 0.121. The Balaban J connectivity index is 1.43. The average Bonchev–Trinajstić information content (AvgIpc) is 3.29. The predicted octanol–water partition coefficient (Wildman–Crippen LogP) is 2.62. The molecule has 2 heterocycles. The molecule has 3 aromatic rings. The summed E-state index contributed by atoms with van der Waals surface area (Å²) in [4.78, 5) is 29.1. The Morgan fingerprint density at radius 3 is 2.26 bits per heavy atom. The van der Waals surface area contributed by atoms with E-state index in [1.807, 2.05) is 30.3 Å². The molecule has 1 atom stereocenters. The number of aromatic nitrogens is 3. The average molecular weight is 482 g/mol. The lowest BCUT2D eigenvalue weighted by atomic mass is 9.96. The number of Topliss-reactive ketones (excluding diaryl/α,β-unsaturated/α-hetero) is 1. The smallest absolute Gasteiger partial charge is 0.243 e. The van der Waals surface area contributed by atoms with E-state index in [0.29, 0.717) is 30.1 Å². The third kappa shape index (κ3) is 5.07. The van der Waals surface area contributed by atoms with Crippen LogP contribution in [0.25, 0.3) is 0 Å². The largest absolute Gasteiger partial charge is 0.342 e. The van der Waals surface area contributed by atoms with Gasteiger partial charge < -0.3 is 5.32 Å². The highest BCUT2D eigenvalue weighted by Gasteiger charge is 2.33. The van der Waals surface area contributed by atoms with Crippen molar-refractivity contribution in [3.8, 4) is 0 Å². The first kappa shape index (κ1) is 23.8. The number of ketones is 1. The number of sulfonamides is 1. The second-order valence-corrected chi connectivity index (χ2v) is 10.3. The molecule has 1 aromatic heterocycles. The van der Waals surface area contributed by atoms with E-state index in [1.165, 1.54) is 35.5 Å². The van der Waals surface area contributed by atoms with Gasteiger partial charge >= 0.3 is 0 Å². The summed E-state index contributed by atoms with van der Waals surface area (Å²) in [5, 5.41) is 10.1. The van der Waals surface area contributed by atoms with Gasteiger partial charge in [0.2, 0.25) is 15.9 Å². The number of hydrogen-bond donors (Lipinski definition) is 2.